The van der Waals surface area contributed by atoms with Gasteiger partial charge in [0, 0.05) is 23.1 Å². The second-order valence-corrected chi connectivity index (χ2v) is 2.96. The summed E-state index contributed by atoms with van der Waals surface area (Å²) in [5.41, 5.74) is 4.62. The van der Waals surface area contributed by atoms with Crippen molar-refractivity contribution < 1.29 is 0 Å². The second kappa shape index (κ2) is 2.52. The van der Waals surface area contributed by atoms with Crippen molar-refractivity contribution in [1.82, 2.24) is 15.2 Å². The van der Waals surface area contributed by atoms with E-state index < -0.39 is 0 Å². The Morgan fingerprint density at radius 1 is 1.33 bits per heavy atom. The monoisotopic (exact) mass is 161 g/mol. The third-order valence-corrected chi connectivity index (χ3v) is 1.94. The van der Waals surface area contributed by atoms with Gasteiger partial charge in [0.05, 0.1) is 5.69 Å². The van der Waals surface area contributed by atoms with Gasteiger partial charge < -0.3 is 4.98 Å². The number of nitrogens with zero attached hydrogens (tertiary/aromatic N) is 1. The van der Waals surface area contributed by atoms with Crippen LogP contribution in [-0.2, 0) is 0 Å². The molecule has 0 fully saturated rings. The van der Waals surface area contributed by atoms with E-state index in [0.29, 0.717) is 0 Å². The third kappa shape index (κ3) is 1.03. The molecule has 12 heavy (non-hydrogen) atoms. The zero-order valence-electron chi connectivity index (χ0n) is 7.18. The van der Waals surface area contributed by atoms with Crippen molar-refractivity contribution in [2.45, 2.75) is 13.8 Å². The molecule has 0 aliphatic rings. The van der Waals surface area contributed by atoms with Crippen molar-refractivity contribution in [3.8, 4) is 11.3 Å². The van der Waals surface area contributed by atoms with Crippen LogP contribution in [0.25, 0.3) is 11.3 Å². The van der Waals surface area contributed by atoms with E-state index in [0.717, 1.165) is 5.69 Å². The van der Waals surface area contributed by atoms with Gasteiger partial charge >= 0.3 is 0 Å². The van der Waals surface area contributed by atoms with Crippen LogP contribution in [-0.4, -0.2) is 15.2 Å². The first-order valence-corrected chi connectivity index (χ1v) is 3.93. The van der Waals surface area contributed by atoms with E-state index in [2.05, 4.69) is 28.2 Å². The maximum atomic E-state index is 3.91. The summed E-state index contributed by atoms with van der Waals surface area (Å²) in [5.74, 6) is 0. The van der Waals surface area contributed by atoms with Crippen LogP contribution in [0.15, 0.2) is 18.3 Å². The average Bonchev–Trinajstić information content (AvgIpc) is 2.58. The summed E-state index contributed by atoms with van der Waals surface area (Å²) in [6.07, 6.45) is 1.76. The Morgan fingerprint density at radius 3 is 2.67 bits per heavy atom. The molecular formula is C9H11N3. The van der Waals surface area contributed by atoms with Gasteiger partial charge in [-0.2, -0.15) is 5.10 Å². The van der Waals surface area contributed by atoms with E-state index >= 15 is 0 Å². The molecule has 2 N–H and O–H groups in total. The van der Waals surface area contributed by atoms with E-state index in [1.54, 1.807) is 6.20 Å². The van der Waals surface area contributed by atoms with E-state index in [1.807, 2.05) is 13.0 Å². The Morgan fingerprint density at radius 2 is 2.17 bits per heavy atom. The van der Waals surface area contributed by atoms with Gasteiger partial charge in [-0.3, -0.25) is 5.10 Å². The highest BCUT2D eigenvalue weighted by atomic mass is 15.1. The second-order valence-electron chi connectivity index (χ2n) is 2.96. The van der Waals surface area contributed by atoms with Crippen molar-refractivity contribution in [1.29, 1.82) is 0 Å². The first-order chi connectivity index (χ1) is 5.77. The summed E-state index contributed by atoms with van der Waals surface area (Å²) in [6.45, 7) is 4.11. The van der Waals surface area contributed by atoms with Gasteiger partial charge in [0.2, 0.25) is 0 Å². The molecule has 3 heteroatoms. The molecule has 0 saturated carbocycles. The van der Waals surface area contributed by atoms with Crippen LogP contribution in [0.5, 0.6) is 0 Å². The maximum absolute atomic E-state index is 3.91. The van der Waals surface area contributed by atoms with Crippen LogP contribution in [0, 0.1) is 13.8 Å². The van der Waals surface area contributed by atoms with Gasteiger partial charge in [-0.25, -0.2) is 0 Å². The fourth-order valence-corrected chi connectivity index (χ4v) is 1.41. The zero-order valence-corrected chi connectivity index (χ0v) is 7.18. The molecule has 3 nitrogen and oxygen atoms in total. The fraction of sp³-hybridized carbons (Fsp3) is 0.222. The molecule has 2 rings (SSSR count). The minimum absolute atomic E-state index is 1.07. The molecule has 0 aliphatic heterocycles. The van der Waals surface area contributed by atoms with Gasteiger partial charge in [0.25, 0.3) is 0 Å². The summed E-state index contributed by atoms with van der Waals surface area (Å²) in [5, 5.41) is 6.85. The van der Waals surface area contributed by atoms with Gasteiger partial charge in [0.1, 0.15) is 0 Å². The molecule has 62 valence electrons. The molecule has 0 spiro atoms. The molecule has 0 bridgehead atoms. The summed E-state index contributed by atoms with van der Waals surface area (Å²) in [7, 11) is 0. The highest BCUT2D eigenvalue weighted by Gasteiger charge is 2.04. The largest absolute Gasteiger partial charge is 0.362 e. The number of hydrogen-bond acceptors (Lipinski definition) is 1. The lowest BCUT2D eigenvalue weighted by Gasteiger charge is -1.92. The van der Waals surface area contributed by atoms with Crippen LogP contribution in [0.3, 0.4) is 0 Å². The molecule has 0 aromatic carbocycles. The standard InChI is InChI=1S/C9H11N3/c1-6-5-8(7(2)11-6)9-3-4-10-12-9/h3-5,11H,1-2H3,(H,10,12). The highest BCUT2D eigenvalue weighted by Crippen LogP contribution is 2.21. The summed E-state index contributed by atoms with van der Waals surface area (Å²) < 4.78 is 0. The minimum atomic E-state index is 1.07. The van der Waals surface area contributed by atoms with Crippen molar-refractivity contribution >= 4 is 0 Å². The van der Waals surface area contributed by atoms with Crippen LogP contribution in [0.4, 0.5) is 0 Å². The Bertz CT molecular complexity index is 370. The highest BCUT2D eigenvalue weighted by molar-refractivity contribution is 5.62. The van der Waals surface area contributed by atoms with Gasteiger partial charge in [-0.15, -0.1) is 0 Å². The molecule has 0 atom stereocenters. The summed E-state index contributed by atoms with van der Waals surface area (Å²) >= 11 is 0. The molecule has 0 radical (unpaired) electrons. The molecule has 0 aliphatic carbocycles. The SMILES string of the molecule is Cc1cc(-c2ccn[nH]2)c(C)[nH]1. The number of nitrogens with one attached hydrogen (secondary N) is 2. The third-order valence-electron chi connectivity index (χ3n) is 1.94. The number of aryl methyl sites for hydroxylation is 2. The predicted molar refractivity (Wildman–Crippen MR) is 47.8 cm³/mol. The van der Waals surface area contributed by atoms with E-state index in [1.165, 1.54) is 17.0 Å². The molecule has 0 unspecified atom stereocenters. The normalized spacial score (nSPS) is 10.5. The van der Waals surface area contributed by atoms with Gasteiger partial charge in [-0.1, -0.05) is 0 Å². The lowest BCUT2D eigenvalue weighted by atomic mass is 10.2. The number of hydrogen-bond donors (Lipinski definition) is 2. The Hall–Kier alpha value is -1.51. The topological polar surface area (TPSA) is 44.5 Å². The van der Waals surface area contributed by atoms with E-state index in [9.17, 15) is 0 Å². The van der Waals surface area contributed by atoms with Gasteiger partial charge in [-0.05, 0) is 26.0 Å². The Kier molecular flexibility index (Phi) is 1.50. The Labute approximate surface area is 70.8 Å². The number of rotatable bonds is 1. The molecular weight excluding hydrogens is 150 g/mol. The van der Waals surface area contributed by atoms with Crippen molar-refractivity contribution in [3.05, 3.63) is 29.7 Å². The lowest BCUT2D eigenvalue weighted by Crippen LogP contribution is -1.78. The maximum Gasteiger partial charge on any atom is 0.0668 e. The molecule has 2 aromatic rings. The number of H-pyrrole nitrogens is 2. The minimum Gasteiger partial charge on any atom is -0.362 e. The van der Waals surface area contributed by atoms with Crippen molar-refractivity contribution in [2.75, 3.05) is 0 Å². The summed E-state index contributed by atoms with van der Waals surface area (Å²) in [6, 6.07) is 4.08. The Balaban J connectivity index is 2.54. The molecule has 2 heterocycles. The van der Waals surface area contributed by atoms with E-state index in [-0.39, 0.29) is 0 Å². The van der Waals surface area contributed by atoms with Crippen LogP contribution < -0.4 is 0 Å². The molecule has 0 saturated heterocycles. The number of aromatic nitrogens is 3. The van der Waals surface area contributed by atoms with Crippen LogP contribution >= 0.6 is 0 Å². The first-order valence-electron chi connectivity index (χ1n) is 3.93. The summed E-state index contributed by atoms with van der Waals surface area (Å²) in [4.78, 5) is 3.25. The molecule has 0 amide bonds. The zero-order chi connectivity index (χ0) is 8.55. The number of aromatic amines is 2. The van der Waals surface area contributed by atoms with Crippen molar-refractivity contribution in [2.24, 2.45) is 0 Å². The first kappa shape index (κ1) is 7.16. The molecule has 2 aromatic heterocycles. The van der Waals surface area contributed by atoms with Crippen LogP contribution in [0.1, 0.15) is 11.4 Å². The van der Waals surface area contributed by atoms with E-state index in [4.69, 9.17) is 0 Å². The van der Waals surface area contributed by atoms with Crippen molar-refractivity contribution in [3.63, 3.8) is 0 Å². The smallest absolute Gasteiger partial charge is 0.0668 e. The van der Waals surface area contributed by atoms with Crippen LogP contribution in [0.2, 0.25) is 0 Å². The average molecular weight is 161 g/mol. The van der Waals surface area contributed by atoms with Gasteiger partial charge in [0.15, 0.2) is 0 Å². The quantitative estimate of drug-likeness (QED) is 0.660. The lowest BCUT2D eigenvalue weighted by molar-refractivity contribution is 1.09. The predicted octanol–water partition coefficient (Wildman–Crippen LogP) is 2.02. The fourth-order valence-electron chi connectivity index (χ4n) is 1.41.